The summed E-state index contributed by atoms with van der Waals surface area (Å²) < 4.78 is 58.7. The van der Waals surface area contributed by atoms with Crippen LogP contribution in [0.5, 0.6) is 5.88 Å². The Bertz CT molecular complexity index is 1470. The zero-order valence-corrected chi connectivity index (χ0v) is 18.5. The van der Waals surface area contributed by atoms with Crippen molar-refractivity contribution in [2.24, 2.45) is 0 Å². The SMILES string of the molecule is COc1cnc2ccc(C(=O)c3cccc(NC(=O)c4ccc(C(F)(F)F)cc4Cl)c3F)cc2n1. The number of methoxy groups -OCH3 is 1. The molecule has 35 heavy (non-hydrogen) atoms. The number of nitrogens with one attached hydrogen (secondary N) is 1. The number of nitrogens with zero attached hydrogens (tertiary/aromatic N) is 2. The molecule has 1 amide bonds. The molecule has 1 N–H and O–H groups in total. The molecule has 0 radical (unpaired) electrons. The van der Waals surface area contributed by atoms with Gasteiger partial charge in [0.1, 0.15) is 0 Å². The average Bonchev–Trinajstić information content (AvgIpc) is 2.83. The van der Waals surface area contributed by atoms with Gasteiger partial charge in [-0.1, -0.05) is 17.7 Å². The summed E-state index contributed by atoms with van der Waals surface area (Å²) in [6, 6.07) is 10.4. The second-order valence-corrected chi connectivity index (χ2v) is 7.67. The van der Waals surface area contributed by atoms with Gasteiger partial charge in [-0.05, 0) is 48.5 Å². The van der Waals surface area contributed by atoms with Crippen molar-refractivity contribution < 1.29 is 31.9 Å². The number of carbonyl (C=O) groups is 2. The van der Waals surface area contributed by atoms with E-state index in [0.29, 0.717) is 23.2 Å². The van der Waals surface area contributed by atoms with Crippen LogP contribution in [0.4, 0.5) is 23.2 Å². The van der Waals surface area contributed by atoms with Gasteiger partial charge in [-0.15, -0.1) is 0 Å². The molecular weight excluding hydrogens is 490 g/mol. The maximum Gasteiger partial charge on any atom is 0.416 e. The molecule has 0 atom stereocenters. The highest BCUT2D eigenvalue weighted by Crippen LogP contribution is 2.32. The summed E-state index contributed by atoms with van der Waals surface area (Å²) in [5.41, 5.74) is -1.04. The lowest BCUT2D eigenvalue weighted by Gasteiger charge is -2.12. The smallest absolute Gasteiger partial charge is 0.416 e. The van der Waals surface area contributed by atoms with Crippen LogP contribution in [0.15, 0.2) is 60.8 Å². The largest absolute Gasteiger partial charge is 0.480 e. The molecule has 4 aromatic rings. The second kappa shape index (κ2) is 9.30. The fraction of sp³-hybridized carbons (Fsp3) is 0.0833. The zero-order chi connectivity index (χ0) is 25.3. The highest BCUT2D eigenvalue weighted by atomic mass is 35.5. The monoisotopic (exact) mass is 503 g/mol. The van der Waals surface area contributed by atoms with E-state index in [2.05, 4.69) is 15.3 Å². The number of ether oxygens (including phenoxy) is 1. The molecule has 0 bridgehead atoms. The number of hydrogen-bond donors (Lipinski definition) is 1. The van der Waals surface area contributed by atoms with Crippen LogP contribution >= 0.6 is 11.6 Å². The number of alkyl halides is 3. The minimum absolute atomic E-state index is 0.119. The van der Waals surface area contributed by atoms with E-state index in [9.17, 15) is 22.8 Å². The lowest BCUT2D eigenvalue weighted by molar-refractivity contribution is -0.137. The molecule has 3 aromatic carbocycles. The molecule has 0 saturated heterocycles. The minimum Gasteiger partial charge on any atom is -0.480 e. The van der Waals surface area contributed by atoms with E-state index in [1.807, 2.05) is 0 Å². The van der Waals surface area contributed by atoms with Gasteiger partial charge < -0.3 is 10.1 Å². The summed E-state index contributed by atoms with van der Waals surface area (Å²) in [4.78, 5) is 33.9. The third kappa shape index (κ3) is 4.92. The number of hydrogen-bond acceptors (Lipinski definition) is 5. The van der Waals surface area contributed by atoms with Crippen molar-refractivity contribution in [1.29, 1.82) is 0 Å². The van der Waals surface area contributed by atoms with Crippen LogP contribution in [-0.4, -0.2) is 28.8 Å². The predicted octanol–water partition coefficient (Wildman–Crippen LogP) is 5.93. The molecular formula is C24H14ClF4N3O3. The van der Waals surface area contributed by atoms with E-state index >= 15 is 4.39 Å². The average molecular weight is 504 g/mol. The summed E-state index contributed by atoms with van der Waals surface area (Å²) in [5.74, 6) is -2.41. The van der Waals surface area contributed by atoms with Crippen molar-refractivity contribution in [2.45, 2.75) is 6.18 Å². The fourth-order valence-electron chi connectivity index (χ4n) is 3.26. The molecule has 0 aliphatic carbocycles. The number of rotatable bonds is 5. The first kappa shape index (κ1) is 24.1. The Morgan fingerprint density at radius 2 is 1.77 bits per heavy atom. The first-order valence-corrected chi connectivity index (χ1v) is 10.3. The predicted molar refractivity (Wildman–Crippen MR) is 120 cm³/mol. The van der Waals surface area contributed by atoms with Crippen LogP contribution in [-0.2, 0) is 6.18 Å². The molecule has 0 saturated carbocycles. The van der Waals surface area contributed by atoms with E-state index in [4.69, 9.17) is 16.3 Å². The van der Waals surface area contributed by atoms with Gasteiger partial charge in [-0.2, -0.15) is 13.2 Å². The van der Waals surface area contributed by atoms with Gasteiger partial charge in [0.15, 0.2) is 11.6 Å². The Morgan fingerprint density at radius 3 is 2.46 bits per heavy atom. The zero-order valence-electron chi connectivity index (χ0n) is 17.8. The summed E-state index contributed by atoms with van der Waals surface area (Å²) >= 11 is 5.84. The lowest BCUT2D eigenvalue weighted by Crippen LogP contribution is -2.16. The summed E-state index contributed by atoms with van der Waals surface area (Å²) in [6.07, 6.45) is -3.22. The van der Waals surface area contributed by atoms with Crippen molar-refractivity contribution in [3.63, 3.8) is 0 Å². The van der Waals surface area contributed by atoms with Gasteiger partial charge in [0.05, 0.1) is 51.7 Å². The minimum atomic E-state index is -4.64. The molecule has 0 aliphatic heterocycles. The van der Waals surface area contributed by atoms with E-state index < -0.39 is 34.3 Å². The Labute approximate surface area is 200 Å². The maximum absolute atomic E-state index is 15.2. The Hall–Kier alpha value is -4.05. The van der Waals surface area contributed by atoms with Crippen LogP contribution in [0, 0.1) is 5.82 Å². The van der Waals surface area contributed by atoms with Crippen molar-refractivity contribution in [2.75, 3.05) is 12.4 Å². The van der Waals surface area contributed by atoms with Gasteiger partial charge >= 0.3 is 6.18 Å². The quantitative estimate of drug-likeness (QED) is 0.269. The number of ketones is 1. The number of aromatic nitrogens is 2. The number of halogens is 5. The molecule has 0 fully saturated rings. The topological polar surface area (TPSA) is 81.2 Å². The van der Waals surface area contributed by atoms with Crippen LogP contribution in [0.1, 0.15) is 31.8 Å². The van der Waals surface area contributed by atoms with Crippen molar-refractivity contribution in [3.8, 4) is 5.88 Å². The number of carbonyl (C=O) groups excluding carboxylic acids is 2. The molecule has 11 heteroatoms. The number of amides is 1. The highest BCUT2D eigenvalue weighted by Gasteiger charge is 2.31. The fourth-order valence-corrected chi connectivity index (χ4v) is 3.53. The molecule has 0 spiro atoms. The molecule has 0 aliphatic rings. The Morgan fingerprint density at radius 1 is 1.00 bits per heavy atom. The van der Waals surface area contributed by atoms with Crippen molar-refractivity contribution in [3.05, 3.63) is 93.9 Å². The number of benzene rings is 3. The molecule has 6 nitrogen and oxygen atoms in total. The molecule has 1 heterocycles. The summed E-state index contributed by atoms with van der Waals surface area (Å²) in [6.45, 7) is 0. The molecule has 1 aromatic heterocycles. The first-order valence-electron chi connectivity index (χ1n) is 9.90. The van der Waals surface area contributed by atoms with E-state index in [1.165, 1.54) is 43.6 Å². The third-order valence-electron chi connectivity index (χ3n) is 5.02. The molecule has 178 valence electrons. The van der Waals surface area contributed by atoms with E-state index in [-0.39, 0.29) is 28.3 Å². The molecule has 4 rings (SSSR count). The van der Waals surface area contributed by atoms with Gasteiger partial charge in [0.2, 0.25) is 5.88 Å². The summed E-state index contributed by atoms with van der Waals surface area (Å²) in [5, 5.41) is 1.79. The van der Waals surface area contributed by atoms with E-state index in [0.717, 1.165) is 6.07 Å². The van der Waals surface area contributed by atoms with E-state index in [1.54, 1.807) is 6.07 Å². The van der Waals surface area contributed by atoms with Crippen LogP contribution in [0.2, 0.25) is 5.02 Å². The van der Waals surface area contributed by atoms with Gasteiger partial charge in [0.25, 0.3) is 5.91 Å². The van der Waals surface area contributed by atoms with Crippen LogP contribution in [0.3, 0.4) is 0 Å². The molecule has 0 unspecified atom stereocenters. The second-order valence-electron chi connectivity index (χ2n) is 7.26. The standard InChI is InChI=1S/C24H14ClF4N3O3/c1-35-20-11-30-17-8-5-12(9-19(17)31-20)22(33)15-3-2-4-18(21(15)26)32-23(34)14-7-6-13(10-16(14)25)24(27,28)29/h2-11H,1H3,(H,32,34). The maximum atomic E-state index is 15.2. The van der Waals surface area contributed by atoms with Gasteiger partial charge in [0, 0.05) is 5.56 Å². The third-order valence-corrected chi connectivity index (χ3v) is 5.34. The van der Waals surface area contributed by atoms with Gasteiger partial charge in [-0.3, -0.25) is 9.59 Å². The number of anilines is 1. The highest BCUT2D eigenvalue weighted by molar-refractivity contribution is 6.34. The van der Waals surface area contributed by atoms with Crippen molar-refractivity contribution in [1.82, 2.24) is 9.97 Å². The normalized spacial score (nSPS) is 11.4. The van der Waals surface area contributed by atoms with Crippen LogP contribution in [0.25, 0.3) is 11.0 Å². The van der Waals surface area contributed by atoms with Crippen molar-refractivity contribution >= 4 is 40.0 Å². The van der Waals surface area contributed by atoms with Crippen LogP contribution < -0.4 is 10.1 Å². The lowest BCUT2D eigenvalue weighted by atomic mass is 10.0. The first-order chi connectivity index (χ1) is 16.6. The Kier molecular flexibility index (Phi) is 6.40. The Balaban J connectivity index is 1.62. The summed E-state index contributed by atoms with van der Waals surface area (Å²) in [7, 11) is 1.41. The van der Waals surface area contributed by atoms with Gasteiger partial charge in [-0.25, -0.2) is 14.4 Å². The number of fused-ring (bicyclic) bond motifs is 1.